The van der Waals surface area contributed by atoms with Crippen molar-refractivity contribution in [2.75, 3.05) is 13.1 Å². The second kappa shape index (κ2) is 6.16. The summed E-state index contributed by atoms with van der Waals surface area (Å²) in [5, 5.41) is 0. The highest BCUT2D eigenvalue weighted by atomic mass is 16.5. The number of amides is 1. The molecule has 0 rings (SSSR count). The Bertz CT molecular complexity index is 193. The molecule has 0 aromatic carbocycles. The minimum atomic E-state index is -0.984. The molecule has 0 fully saturated rings. The molecule has 0 saturated carbocycles. The van der Waals surface area contributed by atoms with Gasteiger partial charge in [-0.3, -0.25) is 14.4 Å². The Morgan fingerprint density at radius 3 is 2.62 bits per heavy atom. The summed E-state index contributed by atoms with van der Waals surface area (Å²) < 4.78 is 4.57. The van der Waals surface area contributed by atoms with Gasteiger partial charge in [0, 0.05) is 13.5 Å². The third-order valence-electron chi connectivity index (χ3n) is 1.40. The lowest BCUT2D eigenvalue weighted by Gasteiger charge is -2.18. The van der Waals surface area contributed by atoms with E-state index in [9.17, 15) is 14.4 Å². The Kier molecular flexibility index (Phi) is 5.50. The van der Waals surface area contributed by atoms with Crippen LogP contribution < -0.4 is 0 Å². The number of rotatable bonds is 6. The average molecular weight is 186 g/mol. The predicted octanol–water partition coefficient (Wildman–Crippen LogP) is -0.494. The minimum absolute atomic E-state index is 0.0586. The molecular formula is C8H12NO4. The maximum atomic E-state index is 10.5. The van der Waals surface area contributed by atoms with Gasteiger partial charge in [0.05, 0.1) is 6.54 Å². The third-order valence-corrected chi connectivity index (χ3v) is 1.40. The van der Waals surface area contributed by atoms with E-state index in [0.29, 0.717) is 13.0 Å². The van der Waals surface area contributed by atoms with Crippen molar-refractivity contribution in [1.29, 1.82) is 0 Å². The molecule has 0 N–H and O–H groups in total. The molecule has 5 nitrogen and oxygen atoms in total. The second-order valence-corrected chi connectivity index (χ2v) is 2.41. The van der Waals surface area contributed by atoms with E-state index in [1.165, 1.54) is 18.1 Å². The van der Waals surface area contributed by atoms with Gasteiger partial charge in [-0.25, -0.2) is 0 Å². The van der Waals surface area contributed by atoms with Gasteiger partial charge < -0.3 is 9.64 Å². The Balaban J connectivity index is 4.02. The minimum Gasteiger partial charge on any atom is -0.452 e. The van der Waals surface area contributed by atoms with E-state index in [2.05, 4.69) is 4.74 Å². The molecule has 1 atom stereocenters. The van der Waals surface area contributed by atoms with Crippen molar-refractivity contribution < 1.29 is 19.1 Å². The molecule has 1 amide bonds. The van der Waals surface area contributed by atoms with Gasteiger partial charge in [-0.1, -0.05) is 0 Å². The number of ether oxygens (including phenoxy) is 1. The number of hydrogen-bond acceptors (Lipinski definition) is 4. The molecule has 0 bridgehead atoms. The molecule has 0 aliphatic carbocycles. The highest BCUT2D eigenvalue weighted by Crippen LogP contribution is 1.93. The lowest BCUT2D eigenvalue weighted by Crippen LogP contribution is -2.34. The zero-order valence-electron chi connectivity index (χ0n) is 7.65. The van der Waals surface area contributed by atoms with E-state index in [1.807, 2.05) is 0 Å². The SMILES string of the molecule is CCN(C=O)CC([C]=O)OC(C)=O. The Hall–Kier alpha value is -1.39. The molecule has 0 heterocycles. The zero-order chi connectivity index (χ0) is 10.3. The summed E-state index contributed by atoms with van der Waals surface area (Å²) in [7, 11) is 0. The van der Waals surface area contributed by atoms with Crippen LogP contribution in [0.3, 0.4) is 0 Å². The maximum absolute atomic E-state index is 10.5. The van der Waals surface area contributed by atoms with E-state index in [-0.39, 0.29) is 6.54 Å². The molecule has 0 spiro atoms. The van der Waals surface area contributed by atoms with Crippen LogP contribution in [0.25, 0.3) is 0 Å². The topological polar surface area (TPSA) is 63.7 Å². The predicted molar refractivity (Wildman–Crippen MR) is 44.6 cm³/mol. The van der Waals surface area contributed by atoms with Crippen molar-refractivity contribution in [1.82, 2.24) is 4.90 Å². The third kappa shape index (κ3) is 4.95. The number of carbonyl (C=O) groups is 2. The second-order valence-electron chi connectivity index (χ2n) is 2.41. The summed E-state index contributed by atoms with van der Waals surface area (Å²) in [5.41, 5.74) is 0. The van der Waals surface area contributed by atoms with E-state index in [1.54, 1.807) is 6.92 Å². The van der Waals surface area contributed by atoms with Crippen LogP contribution in [0.2, 0.25) is 0 Å². The van der Waals surface area contributed by atoms with Gasteiger partial charge in [-0.15, -0.1) is 0 Å². The monoisotopic (exact) mass is 186 g/mol. The van der Waals surface area contributed by atoms with Gasteiger partial charge in [-0.05, 0) is 6.92 Å². The van der Waals surface area contributed by atoms with Crippen LogP contribution in [0, 0.1) is 0 Å². The maximum Gasteiger partial charge on any atom is 0.303 e. The average Bonchev–Trinajstić information content (AvgIpc) is 2.11. The molecule has 5 heteroatoms. The first-order chi connectivity index (χ1) is 6.13. The van der Waals surface area contributed by atoms with Crippen LogP contribution in [0.5, 0.6) is 0 Å². The highest BCUT2D eigenvalue weighted by molar-refractivity contribution is 5.70. The molecule has 1 unspecified atom stereocenters. The molecule has 0 aliphatic heterocycles. The van der Waals surface area contributed by atoms with Crippen molar-refractivity contribution in [3.63, 3.8) is 0 Å². The van der Waals surface area contributed by atoms with Crippen molar-refractivity contribution >= 4 is 18.7 Å². The highest BCUT2D eigenvalue weighted by Gasteiger charge is 2.14. The molecule has 0 saturated heterocycles. The van der Waals surface area contributed by atoms with Crippen LogP contribution in [0.1, 0.15) is 13.8 Å². The summed E-state index contributed by atoms with van der Waals surface area (Å²) >= 11 is 0. The van der Waals surface area contributed by atoms with E-state index >= 15 is 0 Å². The lowest BCUT2D eigenvalue weighted by atomic mass is 10.3. The quantitative estimate of drug-likeness (QED) is 0.414. The summed E-state index contributed by atoms with van der Waals surface area (Å²) in [6.45, 7) is 3.47. The first-order valence-corrected chi connectivity index (χ1v) is 3.88. The van der Waals surface area contributed by atoms with E-state index in [0.717, 1.165) is 0 Å². The molecular weight excluding hydrogens is 174 g/mol. The van der Waals surface area contributed by atoms with Crippen molar-refractivity contribution in [2.45, 2.75) is 20.0 Å². The van der Waals surface area contributed by atoms with Gasteiger partial charge >= 0.3 is 5.97 Å². The van der Waals surface area contributed by atoms with Gasteiger partial charge in [0.25, 0.3) is 0 Å². The molecule has 13 heavy (non-hydrogen) atoms. The number of nitrogens with zero attached hydrogens (tertiary/aromatic N) is 1. The van der Waals surface area contributed by atoms with Crippen molar-refractivity contribution in [3.05, 3.63) is 0 Å². The number of likely N-dealkylation sites (N-methyl/N-ethyl adjacent to an activating group) is 1. The van der Waals surface area contributed by atoms with Crippen molar-refractivity contribution in [3.8, 4) is 0 Å². The van der Waals surface area contributed by atoms with E-state index < -0.39 is 12.1 Å². The van der Waals surface area contributed by atoms with Crippen molar-refractivity contribution in [2.24, 2.45) is 0 Å². The van der Waals surface area contributed by atoms with Crippen LogP contribution in [-0.4, -0.2) is 42.8 Å². The van der Waals surface area contributed by atoms with Gasteiger partial charge in [0.15, 0.2) is 6.10 Å². The fourth-order valence-corrected chi connectivity index (χ4v) is 0.759. The Labute approximate surface area is 76.7 Å². The summed E-state index contributed by atoms with van der Waals surface area (Å²) in [6.07, 6.45) is 1.15. The smallest absolute Gasteiger partial charge is 0.303 e. The molecule has 73 valence electrons. The largest absolute Gasteiger partial charge is 0.452 e. The number of carbonyl (C=O) groups excluding carboxylic acids is 3. The zero-order valence-corrected chi connectivity index (χ0v) is 7.65. The lowest BCUT2D eigenvalue weighted by molar-refractivity contribution is -0.144. The number of esters is 1. The fraction of sp³-hybridized carbons (Fsp3) is 0.625. The molecule has 1 radical (unpaired) electrons. The standard InChI is InChI=1S/C8H12NO4/c1-3-9(6-11)4-8(5-10)13-7(2)12/h6,8H,3-4H2,1-2H3. The Morgan fingerprint density at radius 1 is 1.69 bits per heavy atom. The molecule has 0 aliphatic rings. The van der Waals surface area contributed by atoms with Crippen LogP contribution in [0.15, 0.2) is 0 Å². The summed E-state index contributed by atoms with van der Waals surface area (Å²) in [4.78, 5) is 32.4. The van der Waals surface area contributed by atoms with Gasteiger partial charge in [0.1, 0.15) is 0 Å². The number of hydrogen-bond donors (Lipinski definition) is 0. The Morgan fingerprint density at radius 2 is 2.31 bits per heavy atom. The first-order valence-electron chi connectivity index (χ1n) is 3.88. The fourth-order valence-electron chi connectivity index (χ4n) is 0.759. The van der Waals surface area contributed by atoms with Gasteiger partial charge in [0.2, 0.25) is 12.7 Å². The summed E-state index contributed by atoms with van der Waals surface area (Å²) in [6, 6.07) is 0. The summed E-state index contributed by atoms with van der Waals surface area (Å²) in [5.74, 6) is -0.560. The normalized spacial score (nSPS) is 11.5. The first kappa shape index (κ1) is 11.6. The molecule has 0 aromatic rings. The van der Waals surface area contributed by atoms with Crippen LogP contribution in [0.4, 0.5) is 0 Å². The van der Waals surface area contributed by atoms with Crippen LogP contribution in [-0.2, 0) is 19.1 Å². The van der Waals surface area contributed by atoms with Crippen LogP contribution >= 0.6 is 0 Å². The van der Waals surface area contributed by atoms with Gasteiger partial charge in [-0.2, -0.15) is 0 Å². The van der Waals surface area contributed by atoms with E-state index in [4.69, 9.17) is 0 Å². The molecule has 0 aromatic heterocycles.